The number of aromatic nitrogens is 4. The van der Waals surface area contributed by atoms with Crippen molar-refractivity contribution in [3.05, 3.63) is 74.4 Å². The second-order valence-corrected chi connectivity index (χ2v) is 7.10. The number of fused-ring (bicyclic) bond motifs is 1. The first-order valence-electron chi connectivity index (χ1n) is 7.09. The Bertz CT molecular complexity index is 936. The maximum atomic E-state index is 14.4. The lowest BCUT2D eigenvalue weighted by atomic mass is 10.0. The van der Waals surface area contributed by atoms with Gasteiger partial charge in [0.1, 0.15) is 11.9 Å². The number of anilines is 1. The van der Waals surface area contributed by atoms with Gasteiger partial charge in [-0.2, -0.15) is 4.68 Å². The van der Waals surface area contributed by atoms with Crippen LogP contribution in [-0.4, -0.2) is 20.2 Å². The predicted molar refractivity (Wildman–Crippen MR) is 95.8 cm³/mol. The van der Waals surface area contributed by atoms with E-state index in [1.807, 2.05) is 30.3 Å². The maximum absolute atomic E-state index is 14.4. The van der Waals surface area contributed by atoms with Gasteiger partial charge in [-0.25, -0.2) is 4.39 Å². The summed E-state index contributed by atoms with van der Waals surface area (Å²) < 4.78 is 17.7. The van der Waals surface area contributed by atoms with Gasteiger partial charge in [-0.05, 0) is 52.4 Å². The molecule has 5 nitrogen and oxygen atoms in total. The molecule has 8 heteroatoms. The number of nitrogens with one attached hydrogen (secondary N) is 1. The molecule has 0 fully saturated rings. The molecule has 120 valence electrons. The van der Waals surface area contributed by atoms with Crippen LogP contribution in [0.5, 0.6) is 0 Å². The van der Waals surface area contributed by atoms with E-state index in [4.69, 9.17) is 0 Å². The summed E-state index contributed by atoms with van der Waals surface area (Å²) in [5, 5.41) is 14.9. The number of allylic oxidation sites excluding steroid dienone is 1. The number of rotatable bonds is 2. The Morgan fingerprint density at radius 3 is 2.58 bits per heavy atom. The van der Waals surface area contributed by atoms with E-state index in [9.17, 15) is 4.39 Å². The first-order valence-corrected chi connectivity index (χ1v) is 8.68. The van der Waals surface area contributed by atoms with Crippen LogP contribution < -0.4 is 5.32 Å². The third kappa shape index (κ3) is 2.76. The molecule has 3 aromatic rings. The van der Waals surface area contributed by atoms with Crippen LogP contribution in [0.25, 0.3) is 5.70 Å². The Kier molecular flexibility index (Phi) is 3.93. The topological polar surface area (TPSA) is 55.6 Å². The van der Waals surface area contributed by atoms with Crippen molar-refractivity contribution in [2.24, 2.45) is 0 Å². The van der Waals surface area contributed by atoms with Crippen molar-refractivity contribution in [1.82, 2.24) is 20.2 Å². The average Bonchev–Trinajstić information content (AvgIpc) is 3.05. The van der Waals surface area contributed by atoms with Gasteiger partial charge in [0.15, 0.2) is 0 Å². The number of benzene rings is 2. The number of halogens is 3. The molecule has 2 heterocycles. The summed E-state index contributed by atoms with van der Waals surface area (Å²) in [6.45, 7) is 0. The molecule has 0 saturated heterocycles. The van der Waals surface area contributed by atoms with Gasteiger partial charge in [0.25, 0.3) is 0 Å². The Morgan fingerprint density at radius 1 is 1.04 bits per heavy atom. The lowest BCUT2D eigenvalue weighted by Crippen LogP contribution is -2.21. The van der Waals surface area contributed by atoms with Crippen molar-refractivity contribution >= 4 is 43.5 Å². The highest BCUT2D eigenvalue weighted by Crippen LogP contribution is 2.34. The molecule has 1 aliphatic heterocycles. The summed E-state index contributed by atoms with van der Waals surface area (Å²) in [5.41, 5.74) is 2.29. The SMILES string of the molecule is Fc1ccc(Br)cc1[C@H]1C=C(c2ccc(Br)cc2)Nc2nnnn21. The maximum Gasteiger partial charge on any atom is 0.248 e. The molecule has 0 aliphatic carbocycles. The molecule has 2 aromatic carbocycles. The lowest BCUT2D eigenvalue weighted by Gasteiger charge is -2.24. The Hall–Kier alpha value is -2.06. The fourth-order valence-electron chi connectivity index (χ4n) is 2.61. The van der Waals surface area contributed by atoms with E-state index in [1.165, 1.54) is 6.07 Å². The van der Waals surface area contributed by atoms with Crippen LogP contribution in [0.15, 0.2) is 57.5 Å². The molecule has 0 spiro atoms. The zero-order valence-corrected chi connectivity index (χ0v) is 15.3. The Labute approximate surface area is 153 Å². The van der Waals surface area contributed by atoms with Crippen LogP contribution in [0.2, 0.25) is 0 Å². The zero-order chi connectivity index (χ0) is 16.7. The minimum atomic E-state index is -0.438. The monoisotopic (exact) mass is 449 g/mol. The van der Waals surface area contributed by atoms with Crippen LogP contribution in [-0.2, 0) is 0 Å². The smallest absolute Gasteiger partial charge is 0.248 e. The highest BCUT2D eigenvalue weighted by Gasteiger charge is 2.26. The number of hydrogen-bond acceptors (Lipinski definition) is 4. The summed E-state index contributed by atoms with van der Waals surface area (Å²) in [4.78, 5) is 0. The van der Waals surface area contributed by atoms with E-state index < -0.39 is 6.04 Å². The molecular formula is C16H10Br2FN5. The molecule has 1 N–H and O–H groups in total. The van der Waals surface area contributed by atoms with Crippen LogP contribution in [0, 0.1) is 5.82 Å². The molecule has 1 aliphatic rings. The standard InChI is InChI=1S/C16H10Br2FN5/c17-10-3-1-9(2-4-10)14-8-15(24-16(20-14)21-22-23-24)12-7-11(18)5-6-13(12)19/h1-8,15H,(H,20,21,23)/t15-/m1/s1. The number of nitrogens with zero attached hydrogens (tertiary/aromatic N) is 4. The Morgan fingerprint density at radius 2 is 1.79 bits per heavy atom. The molecule has 0 unspecified atom stereocenters. The highest BCUT2D eigenvalue weighted by atomic mass is 79.9. The lowest BCUT2D eigenvalue weighted by molar-refractivity contribution is 0.539. The van der Waals surface area contributed by atoms with E-state index in [2.05, 4.69) is 52.7 Å². The molecular weight excluding hydrogens is 441 g/mol. The molecule has 0 amide bonds. The van der Waals surface area contributed by atoms with Crippen LogP contribution in [0.1, 0.15) is 17.2 Å². The van der Waals surface area contributed by atoms with Gasteiger partial charge < -0.3 is 5.32 Å². The van der Waals surface area contributed by atoms with Crippen LogP contribution in [0.4, 0.5) is 10.3 Å². The van der Waals surface area contributed by atoms with Crippen LogP contribution >= 0.6 is 31.9 Å². The molecule has 0 radical (unpaired) electrons. The fraction of sp³-hybridized carbons (Fsp3) is 0.0625. The second kappa shape index (κ2) is 6.10. The van der Waals surface area contributed by atoms with E-state index in [0.29, 0.717) is 11.5 Å². The summed E-state index contributed by atoms with van der Waals surface area (Å²) in [7, 11) is 0. The molecule has 1 atom stereocenters. The minimum Gasteiger partial charge on any atom is -0.323 e. The van der Waals surface area contributed by atoms with Crippen molar-refractivity contribution in [2.45, 2.75) is 6.04 Å². The molecule has 0 bridgehead atoms. The minimum absolute atomic E-state index is 0.307. The van der Waals surface area contributed by atoms with E-state index in [1.54, 1.807) is 16.8 Å². The molecule has 0 saturated carbocycles. The van der Waals surface area contributed by atoms with Crippen molar-refractivity contribution in [1.29, 1.82) is 0 Å². The van der Waals surface area contributed by atoms with Crippen molar-refractivity contribution < 1.29 is 4.39 Å². The third-order valence-electron chi connectivity index (χ3n) is 3.76. The van der Waals surface area contributed by atoms with Crippen molar-refractivity contribution in [3.8, 4) is 0 Å². The summed E-state index contributed by atoms with van der Waals surface area (Å²) in [6.07, 6.45) is 1.91. The van der Waals surface area contributed by atoms with Gasteiger partial charge in [0, 0.05) is 20.2 Å². The van der Waals surface area contributed by atoms with Gasteiger partial charge in [-0.1, -0.05) is 49.1 Å². The Balaban J connectivity index is 1.85. The summed E-state index contributed by atoms with van der Waals surface area (Å²) in [6, 6.07) is 12.2. The fourth-order valence-corrected chi connectivity index (χ4v) is 3.26. The van der Waals surface area contributed by atoms with E-state index in [-0.39, 0.29) is 5.82 Å². The average molecular weight is 451 g/mol. The van der Waals surface area contributed by atoms with E-state index >= 15 is 0 Å². The first-order chi connectivity index (χ1) is 11.6. The van der Waals surface area contributed by atoms with E-state index in [0.717, 1.165) is 20.2 Å². The van der Waals surface area contributed by atoms with Crippen LogP contribution in [0.3, 0.4) is 0 Å². The summed E-state index contributed by atoms with van der Waals surface area (Å²) >= 11 is 6.82. The normalized spacial score (nSPS) is 16.3. The van der Waals surface area contributed by atoms with Gasteiger partial charge >= 0.3 is 0 Å². The molecule has 4 rings (SSSR count). The molecule has 1 aromatic heterocycles. The predicted octanol–water partition coefficient (Wildman–Crippen LogP) is 4.39. The largest absolute Gasteiger partial charge is 0.323 e. The quantitative estimate of drug-likeness (QED) is 0.628. The van der Waals surface area contributed by atoms with Gasteiger partial charge in [0.05, 0.1) is 0 Å². The van der Waals surface area contributed by atoms with Gasteiger partial charge in [0.2, 0.25) is 5.95 Å². The van der Waals surface area contributed by atoms with Gasteiger partial charge in [-0.3, -0.25) is 0 Å². The summed E-state index contributed by atoms with van der Waals surface area (Å²) in [5.74, 6) is 0.165. The third-order valence-corrected chi connectivity index (χ3v) is 4.78. The molecule has 24 heavy (non-hydrogen) atoms. The van der Waals surface area contributed by atoms with Gasteiger partial charge in [-0.15, -0.1) is 0 Å². The number of hydrogen-bond donors (Lipinski definition) is 1. The highest BCUT2D eigenvalue weighted by molar-refractivity contribution is 9.10. The van der Waals surface area contributed by atoms with Crippen molar-refractivity contribution in [3.63, 3.8) is 0 Å². The second-order valence-electron chi connectivity index (χ2n) is 5.27. The number of tetrazole rings is 1. The van der Waals surface area contributed by atoms with Crippen molar-refractivity contribution in [2.75, 3.05) is 5.32 Å². The first kappa shape index (κ1) is 15.5. The zero-order valence-electron chi connectivity index (χ0n) is 12.1.